The van der Waals surface area contributed by atoms with Crippen molar-refractivity contribution in [2.45, 2.75) is 6.04 Å². The van der Waals surface area contributed by atoms with E-state index in [1.165, 1.54) is 23.0 Å². The summed E-state index contributed by atoms with van der Waals surface area (Å²) in [5.41, 5.74) is -1.62. The molecule has 1 heterocycles. The summed E-state index contributed by atoms with van der Waals surface area (Å²) in [6, 6.07) is 5.20. The topological polar surface area (TPSA) is 157 Å². The molecule has 2 aliphatic rings. The van der Waals surface area contributed by atoms with Gasteiger partial charge in [0.2, 0.25) is 6.04 Å². The van der Waals surface area contributed by atoms with E-state index in [1.54, 1.807) is 12.1 Å². The summed E-state index contributed by atoms with van der Waals surface area (Å²) in [6.45, 7) is 0. The predicted octanol–water partition coefficient (Wildman–Crippen LogP) is 1.88. The third-order valence-electron chi connectivity index (χ3n) is 4.66. The maximum atomic E-state index is 12.7. The summed E-state index contributed by atoms with van der Waals surface area (Å²) < 4.78 is 1.31. The summed E-state index contributed by atoms with van der Waals surface area (Å²) in [5, 5.41) is 47.3. The number of non-ortho nitro benzene ring substituents is 1. The second-order valence-electron chi connectivity index (χ2n) is 6.11. The molecule has 2 aliphatic carbocycles. The van der Waals surface area contributed by atoms with Gasteiger partial charge in [0.05, 0.1) is 20.3 Å². The van der Waals surface area contributed by atoms with E-state index in [9.17, 15) is 35.4 Å². The zero-order valence-corrected chi connectivity index (χ0v) is 13.8. The smallest absolute Gasteiger partial charge is 0.288 e. The highest BCUT2D eigenvalue weighted by Gasteiger charge is 2.46. The second-order valence-corrected chi connectivity index (χ2v) is 6.11. The lowest BCUT2D eigenvalue weighted by atomic mass is 9.90. The SMILES string of the molecule is O=[N+]([O-])C1=CC2=C([O-])c3cc([N+](=O)[O-])ccc3C2=C([N+](=O)[O-])C1n1cccc1. The number of hydrogen-bond acceptors (Lipinski definition) is 7. The van der Waals surface area contributed by atoms with Gasteiger partial charge in [-0.3, -0.25) is 30.3 Å². The van der Waals surface area contributed by atoms with Gasteiger partial charge in [-0.1, -0.05) is 5.76 Å². The van der Waals surface area contributed by atoms with Crippen molar-refractivity contribution >= 4 is 17.0 Å². The van der Waals surface area contributed by atoms with E-state index in [2.05, 4.69) is 0 Å². The van der Waals surface area contributed by atoms with Gasteiger partial charge in [0.15, 0.2) is 0 Å². The maximum absolute atomic E-state index is 12.7. The Morgan fingerprint density at radius 3 is 2.14 bits per heavy atom. The molecule has 0 radical (unpaired) electrons. The van der Waals surface area contributed by atoms with Crippen LogP contribution in [0.4, 0.5) is 5.69 Å². The molecule has 4 rings (SSSR count). The van der Waals surface area contributed by atoms with Crippen molar-refractivity contribution < 1.29 is 19.9 Å². The fourth-order valence-corrected chi connectivity index (χ4v) is 3.53. The van der Waals surface area contributed by atoms with E-state index >= 15 is 0 Å². The molecule has 0 amide bonds. The van der Waals surface area contributed by atoms with Crippen LogP contribution in [0.3, 0.4) is 0 Å². The molecule has 1 unspecified atom stereocenters. The molecule has 28 heavy (non-hydrogen) atoms. The number of aromatic nitrogens is 1. The van der Waals surface area contributed by atoms with Crippen molar-refractivity contribution in [2.75, 3.05) is 0 Å². The number of nitro groups is 3. The van der Waals surface area contributed by atoms with Gasteiger partial charge < -0.3 is 9.67 Å². The van der Waals surface area contributed by atoms with Crippen LogP contribution in [0.15, 0.2) is 65.8 Å². The molecule has 1 aromatic heterocycles. The molecule has 0 spiro atoms. The molecule has 0 saturated carbocycles. The van der Waals surface area contributed by atoms with Gasteiger partial charge in [0.1, 0.15) is 0 Å². The van der Waals surface area contributed by atoms with Gasteiger partial charge in [-0.2, -0.15) is 0 Å². The van der Waals surface area contributed by atoms with Crippen molar-refractivity contribution in [1.29, 1.82) is 0 Å². The van der Waals surface area contributed by atoms with Crippen LogP contribution in [0.25, 0.3) is 11.3 Å². The lowest BCUT2D eigenvalue weighted by molar-refractivity contribution is -0.457. The van der Waals surface area contributed by atoms with E-state index in [1.807, 2.05) is 0 Å². The van der Waals surface area contributed by atoms with Crippen LogP contribution < -0.4 is 5.11 Å². The Labute approximate surface area is 155 Å². The highest BCUT2D eigenvalue weighted by atomic mass is 16.6. The minimum absolute atomic E-state index is 0.0517. The second kappa shape index (κ2) is 5.87. The van der Waals surface area contributed by atoms with Gasteiger partial charge in [-0.15, -0.1) is 0 Å². The van der Waals surface area contributed by atoms with E-state index in [0.29, 0.717) is 0 Å². The van der Waals surface area contributed by atoms with Crippen molar-refractivity contribution in [1.82, 2.24) is 4.57 Å². The Balaban J connectivity index is 2.07. The summed E-state index contributed by atoms with van der Waals surface area (Å²) in [4.78, 5) is 32.3. The van der Waals surface area contributed by atoms with Crippen LogP contribution in [-0.4, -0.2) is 19.3 Å². The van der Waals surface area contributed by atoms with Gasteiger partial charge in [-0.25, -0.2) is 0 Å². The normalized spacial score (nSPS) is 17.9. The number of rotatable bonds is 4. The molecule has 140 valence electrons. The van der Waals surface area contributed by atoms with Crippen molar-refractivity contribution in [3.05, 3.63) is 107 Å². The van der Waals surface area contributed by atoms with E-state index < -0.39 is 38.0 Å². The average Bonchev–Trinajstić information content (AvgIpc) is 3.27. The van der Waals surface area contributed by atoms with Crippen LogP contribution >= 0.6 is 0 Å². The number of nitrogens with zero attached hydrogens (tertiary/aromatic N) is 4. The van der Waals surface area contributed by atoms with Crippen LogP contribution in [0.2, 0.25) is 0 Å². The van der Waals surface area contributed by atoms with Crippen molar-refractivity contribution in [2.24, 2.45) is 0 Å². The summed E-state index contributed by atoms with van der Waals surface area (Å²) in [7, 11) is 0. The van der Waals surface area contributed by atoms with Crippen LogP contribution in [0.5, 0.6) is 0 Å². The van der Waals surface area contributed by atoms with Crippen LogP contribution in [0.1, 0.15) is 17.2 Å². The minimum atomic E-state index is -1.35. The van der Waals surface area contributed by atoms with Crippen molar-refractivity contribution in [3.8, 4) is 0 Å². The number of benzene rings is 1. The summed E-state index contributed by atoms with van der Waals surface area (Å²) in [6.07, 6.45) is 3.91. The molecule has 2 aromatic rings. The number of nitro benzene ring substituents is 1. The first-order valence-electron chi connectivity index (χ1n) is 7.89. The largest absolute Gasteiger partial charge is 0.872 e. The molecule has 0 bridgehead atoms. The van der Waals surface area contributed by atoms with Gasteiger partial charge in [-0.05, 0) is 34.9 Å². The molecule has 0 aliphatic heterocycles. The average molecular weight is 381 g/mol. The molecule has 0 fully saturated rings. The molecular weight excluding hydrogens is 372 g/mol. The zero-order valence-electron chi connectivity index (χ0n) is 13.8. The van der Waals surface area contributed by atoms with Crippen LogP contribution in [0, 0.1) is 30.3 Å². The fourth-order valence-electron chi connectivity index (χ4n) is 3.53. The Kier molecular flexibility index (Phi) is 3.60. The van der Waals surface area contributed by atoms with E-state index in [-0.39, 0.29) is 28.0 Å². The molecule has 11 heteroatoms. The van der Waals surface area contributed by atoms with Gasteiger partial charge >= 0.3 is 0 Å². The highest BCUT2D eigenvalue weighted by molar-refractivity contribution is 6.01. The number of hydrogen-bond donors (Lipinski definition) is 0. The first-order chi connectivity index (χ1) is 13.3. The standard InChI is InChI=1S/C17H10N4O7/c22-17-11-7-9(19(23)24)3-4-10(11)14-12(17)8-13(20(25)26)15(16(14)21(27)28)18-5-1-2-6-18/h1-8,15,22H/p-1. The van der Waals surface area contributed by atoms with Gasteiger partial charge in [0, 0.05) is 30.6 Å². The molecule has 11 nitrogen and oxygen atoms in total. The third kappa shape index (κ3) is 2.30. The van der Waals surface area contributed by atoms with Crippen molar-refractivity contribution in [3.63, 3.8) is 0 Å². The Bertz CT molecular complexity index is 1160. The highest BCUT2D eigenvalue weighted by Crippen LogP contribution is 2.49. The number of allylic oxidation sites excluding steroid dienone is 3. The molecule has 0 N–H and O–H groups in total. The first-order valence-corrected chi connectivity index (χ1v) is 7.89. The maximum Gasteiger partial charge on any atom is 0.288 e. The Morgan fingerprint density at radius 1 is 0.893 bits per heavy atom. The van der Waals surface area contributed by atoms with E-state index in [4.69, 9.17) is 0 Å². The third-order valence-corrected chi connectivity index (χ3v) is 4.66. The molecule has 0 saturated heterocycles. The fraction of sp³-hybridized carbons (Fsp3) is 0.0588. The zero-order chi connectivity index (χ0) is 20.2. The molecular formula is C17H9N4O7-. The minimum Gasteiger partial charge on any atom is -0.872 e. The summed E-state index contributed by atoms with van der Waals surface area (Å²) >= 11 is 0. The quantitative estimate of drug-likeness (QED) is 0.577. The Hall–Kier alpha value is -4.28. The van der Waals surface area contributed by atoms with Crippen LogP contribution in [-0.2, 0) is 0 Å². The molecule has 1 aromatic carbocycles. The van der Waals surface area contributed by atoms with Gasteiger partial charge in [0.25, 0.3) is 17.1 Å². The Morgan fingerprint density at radius 2 is 1.57 bits per heavy atom. The first kappa shape index (κ1) is 17.1. The lowest BCUT2D eigenvalue weighted by Gasteiger charge is -2.21. The predicted molar refractivity (Wildman–Crippen MR) is 92.5 cm³/mol. The lowest BCUT2D eigenvalue weighted by Crippen LogP contribution is -2.26. The monoisotopic (exact) mass is 381 g/mol. The summed E-state index contributed by atoms with van der Waals surface area (Å²) in [5.74, 6) is -0.724. The number of fused-ring (bicyclic) bond motifs is 3. The molecule has 1 atom stereocenters. The van der Waals surface area contributed by atoms with E-state index in [0.717, 1.165) is 18.2 Å².